The summed E-state index contributed by atoms with van der Waals surface area (Å²) in [7, 11) is -0.243. The van der Waals surface area contributed by atoms with Crippen LogP contribution in [0, 0.1) is 13.8 Å². The Morgan fingerprint density at radius 2 is 1.65 bits per heavy atom. The van der Waals surface area contributed by atoms with Crippen LogP contribution in [0.5, 0.6) is 0 Å². The smallest absolute Gasteiger partial charge is 0.268 e. The van der Waals surface area contributed by atoms with Crippen LogP contribution in [0.3, 0.4) is 0 Å². The molecule has 1 aliphatic rings. The summed E-state index contributed by atoms with van der Waals surface area (Å²) < 4.78 is 30.3. The maximum Gasteiger partial charge on any atom is 0.268 e. The Labute approximate surface area is 185 Å². The Bertz CT molecular complexity index is 1040. The van der Waals surface area contributed by atoms with Crippen LogP contribution >= 0.6 is 0 Å². The zero-order valence-corrected chi connectivity index (χ0v) is 20.1. The molecule has 1 amide bonds. The highest BCUT2D eigenvalue weighted by Crippen LogP contribution is 2.29. The van der Waals surface area contributed by atoms with E-state index in [0.717, 1.165) is 18.7 Å². The number of carbonyl (C=O) groups is 1. The lowest BCUT2D eigenvalue weighted by Crippen LogP contribution is -2.51. The van der Waals surface area contributed by atoms with E-state index in [4.69, 9.17) is 0 Å². The molecule has 1 aliphatic heterocycles. The van der Waals surface area contributed by atoms with Crippen molar-refractivity contribution in [1.29, 1.82) is 0 Å². The molecule has 1 saturated heterocycles. The summed E-state index contributed by atoms with van der Waals surface area (Å²) in [6, 6.07) is 7.41. The molecule has 3 rings (SSSR count). The maximum absolute atomic E-state index is 13.8. The van der Waals surface area contributed by atoms with Crippen molar-refractivity contribution in [2.24, 2.45) is 7.05 Å². The number of piperazine rings is 1. The lowest BCUT2D eigenvalue weighted by Gasteiger charge is -2.34. The molecule has 8 nitrogen and oxygen atoms in total. The molecule has 170 valence electrons. The Balaban J connectivity index is 2.00. The van der Waals surface area contributed by atoms with Gasteiger partial charge in [-0.2, -0.15) is 5.10 Å². The summed E-state index contributed by atoms with van der Waals surface area (Å²) in [6.07, 6.45) is 0. The fourth-order valence-corrected chi connectivity index (χ4v) is 5.68. The predicted octanol–water partition coefficient (Wildman–Crippen LogP) is 2.13. The van der Waals surface area contributed by atoms with Crippen molar-refractivity contribution in [2.45, 2.75) is 38.5 Å². The van der Waals surface area contributed by atoms with Crippen LogP contribution in [-0.4, -0.2) is 73.7 Å². The van der Waals surface area contributed by atoms with Gasteiger partial charge in [-0.1, -0.05) is 26.0 Å². The van der Waals surface area contributed by atoms with E-state index in [1.807, 2.05) is 19.2 Å². The highest BCUT2D eigenvalue weighted by atomic mass is 32.2. The first-order valence-corrected chi connectivity index (χ1v) is 12.1. The number of aryl methyl sites for hydroxylation is 2. The average Bonchev–Trinajstić information content (AvgIpc) is 2.98. The molecular formula is C22H33N5O3S. The number of benzene rings is 1. The SMILES string of the molecule is Cc1nn(C)c(C)c1S(=O)(=O)N(CC(=O)N1CCN(C)CC1)c1ccc(C(C)C)cc1. The molecule has 1 aromatic carbocycles. The van der Waals surface area contributed by atoms with E-state index in [0.29, 0.717) is 36.1 Å². The zero-order chi connectivity index (χ0) is 22.9. The molecule has 0 unspecified atom stereocenters. The fourth-order valence-electron chi connectivity index (χ4n) is 3.86. The maximum atomic E-state index is 13.8. The van der Waals surface area contributed by atoms with E-state index in [1.54, 1.807) is 42.6 Å². The number of rotatable bonds is 6. The van der Waals surface area contributed by atoms with Crippen LogP contribution < -0.4 is 4.31 Å². The van der Waals surface area contributed by atoms with Gasteiger partial charge in [0.15, 0.2) is 0 Å². The Morgan fingerprint density at radius 1 is 1.06 bits per heavy atom. The van der Waals surface area contributed by atoms with Gasteiger partial charge in [0.25, 0.3) is 10.0 Å². The van der Waals surface area contributed by atoms with E-state index < -0.39 is 10.0 Å². The van der Waals surface area contributed by atoms with Gasteiger partial charge in [0.1, 0.15) is 11.4 Å². The molecule has 1 aromatic heterocycles. The number of anilines is 1. The molecular weight excluding hydrogens is 414 g/mol. The average molecular weight is 448 g/mol. The summed E-state index contributed by atoms with van der Waals surface area (Å²) in [5.41, 5.74) is 2.57. The number of hydrogen-bond donors (Lipinski definition) is 0. The molecule has 0 spiro atoms. The second-order valence-corrected chi connectivity index (χ2v) is 10.4. The predicted molar refractivity (Wildman–Crippen MR) is 122 cm³/mol. The number of hydrogen-bond acceptors (Lipinski definition) is 5. The van der Waals surface area contributed by atoms with E-state index in [-0.39, 0.29) is 17.3 Å². The Hall–Kier alpha value is -2.39. The molecule has 0 N–H and O–H groups in total. The molecule has 0 saturated carbocycles. The third-order valence-corrected chi connectivity index (χ3v) is 8.00. The second kappa shape index (κ2) is 9.00. The third-order valence-electron chi connectivity index (χ3n) is 5.97. The van der Waals surface area contributed by atoms with E-state index in [1.165, 1.54) is 4.31 Å². The molecule has 2 aromatic rings. The van der Waals surface area contributed by atoms with Gasteiger partial charge in [-0.3, -0.25) is 13.8 Å². The largest absolute Gasteiger partial charge is 0.339 e. The van der Waals surface area contributed by atoms with Crippen molar-refractivity contribution in [3.63, 3.8) is 0 Å². The monoisotopic (exact) mass is 447 g/mol. The van der Waals surface area contributed by atoms with Gasteiger partial charge in [-0.25, -0.2) is 8.42 Å². The Kier molecular flexibility index (Phi) is 6.76. The number of sulfonamides is 1. The van der Waals surface area contributed by atoms with Gasteiger partial charge in [0.05, 0.1) is 17.1 Å². The number of amides is 1. The molecule has 2 heterocycles. The number of aromatic nitrogens is 2. The van der Waals surface area contributed by atoms with Crippen LogP contribution in [-0.2, 0) is 21.9 Å². The van der Waals surface area contributed by atoms with Crippen molar-refractivity contribution < 1.29 is 13.2 Å². The molecule has 31 heavy (non-hydrogen) atoms. The summed E-state index contributed by atoms with van der Waals surface area (Å²) in [5, 5.41) is 4.28. The first-order valence-electron chi connectivity index (χ1n) is 10.6. The standard InChI is InChI=1S/C22H33N5O3S/c1-16(2)19-7-9-20(10-8-19)27(15-21(28)26-13-11-24(5)12-14-26)31(29,30)22-17(3)23-25(6)18(22)4/h7-10,16H,11-15H2,1-6H3. The van der Waals surface area contributed by atoms with E-state index in [9.17, 15) is 13.2 Å². The van der Waals surface area contributed by atoms with Gasteiger partial charge in [-0.15, -0.1) is 0 Å². The van der Waals surface area contributed by atoms with Crippen LogP contribution in [0.25, 0.3) is 0 Å². The molecule has 0 atom stereocenters. The third kappa shape index (κ3) is 4.77. The normalized spacial score (nSPS) is 15.5. The van der Waals surface area contributed by atoms with Gasteiger partial charge >= 0.3 is 0 Å². The molecule has 1 fully saturated rings. The summed E-state index contributed by atoms with van der Waals surface area (Å²) >= 11 is 0. The van der Waals surface area contributed by atoms with E-state index in [2.05, 4.69) is 23.8 Å². The molecule has 0 bridgehead atoms. The molecule has 0 aliphatic carbocycles. The van der Waals surface area contributed by atoms with Gasteiger partial charge in [0.2, 0.25) is 5.91 Å². The second-order valence-electron chi connectivity index (χ2n) is 8.57. The highest BCUT2D eigenvalue weighted by Gasteiger charge is 2.34. The van der Waals surface area contributed by atoms with Crippen LogP contribution in [0.1, 0.15) is 36.7 Å². The highest BCUT2D eigenvalue weighted by molar-refractivity contribution is 7.93. The zero-order valence-electron chi connectivity index (χ0n) is 19.3. The first-order chi connectivity index (χ1) is 14.5. The van der Waals surface area contributed by atoms with Crippen molar-refractivity contribution in [3.8, 4) is 0 Å². The number of likely N-dealkylation sites (N-methyl/N-ethyl adjacent to an activating group) is 1. The first kappa shape index (κ1) is 23.3. The van der Waals surface area contributed by atoms with Gasteiger partial charge < -0.3 is 9.80 Å². The Morgan fingerprint density at radius 3 is 2.13 bits per heavy atom. The lowest BCUT2D eigenvalue weighted by molar-refractivity contribution is -0.131. The van der Waals surface area contributed by atoms with Gasteiger partial charge in [0, 0.05) is 33.2 Å². The molecule has 0 radical (unpaired) electrons. The van der Waals surface area contributed by atoms with E-state index >= 15 is 0 Å². The number of carbonyl (C=O) groups excluding carboxylic acids is 1. The van der Waals surface area contributed by atoms with Crippen LogP contribution in [0.15, 0.2) is 29.2 Å². The lowest BCUT2D eigenvalue weighted by atomic mass is 10.0. The minimum absolute atomic E-state index is 0.161. The molecule has 9 heteroatoms. The minimum Gasteiger partial charge on any atom is -0.339 e. The number of nitrogens with zero attached hydrogens (tertiary/aromatic N) is 5. The summed E-state index contributed by atoms with van der Waals surface area (Å²) in [4.78, 5) is 17.2. The van der Waals surface area contributed by atoms with Crippen molar-refractivity contribution in [3.05, 3.63) is 41.2 Å². The summed E-state index contributed by atoms with van der Waals surface area (Å²) in [6.45, 7) is 10.1. The topological polar surface area (TPSA) is 78.8 Å². The van der Waals surface area contributed by atoms with Crippen LogP contribution in [0.2, 0.25) is 0 Å². The van der Waals surface area contributed by atoms with Crippen molar-refractivity contribution in [2.75, 3.05) is 44.1 Å². The van der Waals surface area contributed by atoms with Crippen molar-refractivity contribution in [1.82, 2.24) is 19.6 Å². The quantitative estimate of drug-likeness (QED) is 0.678. The summed E-state index contributed by atoms with van der Waals surface area (Å²) in [5.74, 6) is 0.137. The minimum atomic E-state index is -3.98. The van der Waals surface area contributed by atoms with Crippen LogP contribution in [0.4, 0.5) is 5.69 Å². The van der Waals surface area contributed by atoms with Gasteiger partial charge in [-0.05, 0) is 44.5 Å². The van der Waals surface area contributed by atoms with Crippen molar-refractivity contribution >= 4 is 21.6 Å². The fraction of sp³-hybridized carbons (Fsp3) is 0.545.